The van der Waals surface area contributed by atoms with Crippen LogP contribution in [0, 0.1) is 0 Å². The van der Waals surface area contributed by atoms with Crippen LogP contribution in [-0.4, -0.2) is 5.97 Å². The van der Waals surface area contributed by atoms with Gasteiger partial charge in [0.05, 0.1) is 10.9 Å². The van der Waals surface area contributed by atoms with Crippen molar-refractivity contribution in [2.45, 2.75) is 12.5 Å². The van der Waals surface area contributed by atoms with Crippen LogP contribution in [0.5, 0.6) is 0 Å². The lowest BCUT2D eigenvalue weighted by Crippen LogP contribution is -2.13. The molecule has 1 aromatic carbocycles. The number of fused-ring (bicyclic) bond motifs is 1. The Hall–Kier alpha value is -2.36. The molecule has 0 bridgehead atoms. The average molecular weight is 242 g/mol. The van der Waals surface area contributed by atoms with E-state index in [-0.39, 0.29) is 5.43 Å². The Kier molecular flexibility index (Phi) is 2.30. The highest BCUT2D eigenvalue weighted by molar-refractivity contribution is 5.90. The number of hydrogen-bond acceptors (Lipinski definition) is 4. The van der Waals surface area contributed by atoms with Crippen LogP contribution in [0.25, 0.3) is 11.0 Å². The number of para-hydroxylation sites is 1. The molecule has 2 heterocycles. The van der Waals surface area contributed by atoms with Crippen molar-refractivity contribution < 1.29 is 13.9 Å². The zero-order valence-electron chi connectivity index (χ0n) is 9.51. The molecule has 1 saturated heterocycles. The zero-order chi connectivity index (χ0) is 12.7. The van der Waals surface area contributed by atoms with Crippen molar-refractivity contribution in [2.24, 2.45) is 0 Å². The molecule has 0 saturated carbocycles. The van der Waals surface area contributed by atoms with Gasteiger partial charge in [0.25, 0.3) is 0 Å². The average Bonchev–Trinajstić information content (AvgIpc) is 2.70. The fraction of sp³-hybridized carbons (Fsp3) is 0.143. The molecule has 1 unspecified atom stereocenters. The predicted octanol–water partition coefficient (Wildman–Crippen LogP) is 2.34. The third-order valence-electron chi connectivity index (χ3n) is 3.02. The number of cyclic esters (lactones) is 1. The summed E-state index contributed by atoms with van der Waals surface area (Å²) in [4.78, 5) is 23.5. The molecular weight excluding hydrogens is 232 g/mol. The largest absolute Gasteiger partial charge is 0.464 e. The molecule has 0 radical (unpaired) electrons. The quantitative estimate of drug-likeness (QED) is 0.569. The summed E-state index contributed by atoms with van der Waals surface area (Å²) in [5, 5.41) is 0.489. The summed E-state index contributed by atoms with van der Waals surface area (Å²) in [7, 11) is 0. The van der Waals surface area contributed by atoms with E-state index >= 15 is 0 Å². The van der Waals surface area contributed by atoms with Gasteiger partial charge in [-0.25, -0.2) is 4.79 Å². The van der Waals surface area contributed by atoms with Crippen LogP contribution in [0.2, 0.25) is 0 Å². The summed E-state index contributed by atoms with van der Waals surface area (Å²) in [5.74, 6) is -0.451. The van der Waals surface area contributed by atoms with Gasteiger partial charge < -0.3 is 9.15 Å². The molecule has 2 aromatic rings. The van der Waals surface area contributed by atoms with Crippen LogP contribution in [-0.2, 0) is 9.53 Å². The van der Waals surface area contributed by atoms with E-state index in [1.54, 1.807) is 24.3 Å². The van der Waals surface area contributed by atoms with Gasteiger partial charge in [0.2, 0.25) is 0 Å². The fourth-order valence-corrected chi connectivity index (χ4v) is 2.05. The van der Waals surface area contributed by atoms with E-state index in [9.17, 15) is 9.59 Å². The van der Waals surface area contributed by atoms with E-state index in [0.29, 0.717) is 28.5 Å². The molecule has 1 aliphatic heterocycles. The normalized spacial score (nSPS) is 19.2. The van der Waals surface area contributed by atoms with Gasteiger partial charge in [-0.1, -0.05) is 18.7 Å². The lowest BCUT2D eigenvalue weighted by atomic mass is 10.1. The number of carbonyl (C=O) groups excluding carboxylic acids is 1. The molecule has 0 spiro atoms. The van der Waals surface area contributed by atoms with E-state index < -0.39 is 12.1 Å². The number of benzene rings is 1. The van der Waals surface area contributed by atoms with Gasteiger partial charge in [-0.05, 0) is 12.1 Å². The third-order valence-corrected chi connectivity index (χ3v) is 3.02. The fourth-order valence-electron chi connectivity index (χ4n) is 2.05. The van der Waals surface area contributed by atoms with E-state index in [2.05, 4.69) is 6.58 Å². The second-order valence-electron chi connectivity index (χ2n) is 4.22. The minimum absolute atomic E-state index is 0.163. The van der Waals surface area contributed by atoms with Crippen molar-refractivity contribution >= 4 is 16.9 Å². The summed E-state index contributed by atoms with van der Waals surface area (Å²) in [5.41, 5.74) is 1.10. The van der Waals surface area contributed by atoms with Crippen molar-refractivity contribution in [3.8, 4) is 0 Å². The van der Waals surface area contributed by atoms with Gasteiger partial charge in [-0.2, -0.15) is 0 Å². The second-order valence-corrected chi connectivity index (χ2v) is 4.22. The molecule has 4 nitrogen and oxygen atoms in total. The minimum atomic E-state index is -0.578. The van der Waals surface area contributed by atoms with Gasteiger partial charge in [0.1, 0.15) is 18.0 Å². The summed E-state index contributed by atoms with van der Waals surface area (Å²) in [6.45, 7) is 3.60. The van der Waals surface area contributed by atoms with Crippen molar-refractivity contribution in [1.29, 1.82) is 0 Å². The number of carbonyl (C=O) groups is 1. The van der Waals surface area contributed by atoms with Gasteiger partial charge in [0, 0.05) is 12.0 Å². The lowest BCUT2D eigenvalue weighted by molar-refractivity contribution is -0.139. The highest BCUT2D eigenvalue weighted by atomic mass is 16.5. The minimum Gasteiger partial charge on any atom is -0.464 e. The molecule has 1 aliphatic rings. The Balaban J connectivity index is 2.14. The summed E-state index contributed by atoms with van der Waals surface area (Å²) in [6.07, 6.45) is 1.12. The molecule has 1 atom stereocenters. The first-order chi connectivity index (χ1) is 8.66. The first kappa shape index (κ1) is 10.8. The van der Waals surface area contributed by atoms with Gasteiger partial charge in [0.15, 0.2) is 5.43 Å². The Morgan fingerprint density at radius 2 is 2.00 bits per heavy atom. The van der Waals surface area contributed by atoms with E-state index in [4.69, 9.17) is 9.15 Å². The monoisotopic (exact) mass is 242 g/mol. The van der Waals surface area contributed by atoms with Crippen LogP contribution in [0.15, 0.2) is 51.9 Å². The Morgan fingerprint density at radius 1 is 1.22 bits per heavy atom. The topological polar surface area (TPSA) is 56.5 Å². The molecule has 18 heavy (non-hydrogen) atoms. The van der Waals surface area contributed by atoms with Gasteiger partial charge in [-0.15, -0.1) is 0 Å². The van der Waals surface area contributed by atoms with Gasteiger partial charge in [-0.3, -0.25) is 4.79 Å². The standard InChI is InChI=1S/C14H10O4/c1-8-6-12(18-14(8)16)10-7-17-11-5-3-2-4-9(11)13(10)15/h2-5,7,12H,1,6H2. The molecule has 0 N–H and O–H groups in total. The van der Waals surface area contributed by atoms with E-state index in [1.165, 1.54) is 6.26 Å². The second kappa shape index (κ2) is 3.84. The molecule has 1 aromatic heterocycles. The molecular formula is C14H10O4. The number of hydrogen-bond donors (Lipinski definition) is 0. The first-order valence-corrected chi connectivity index (χ1v) is 5.56. The SMILES string of the molecule is C=C1CC(c2coc3ccccc3c2=O)OC1=O. The Morgan fingerprint density at radius 3 is 2.72 bits per heavy atom. The zero-order valence-corrected chi connectivity index (χ0v) is 9.51. The predicted molar refractivity (Wildman–Crippen MR) is 65.1 cm³/mol. The van der Waals surface area contributed by atoms with Crippen molar-refractivity contribution in [2.75, 3.05) is 0 Å². The van der Waals surface area contributed by atoms with Crippen molar-refractivity contribution in [1.82, 2.24) is 0 Å². The van der Waals surface area contributed by atoms with E-state index in [0.717, 1.165) is 0 Å². The molecule has 0 amide bonds. The maximum absolute atomic E-state index is 12.2. The third kappa shape index (κ3) is 1.54. The van der Waals surface area contributed by atoms with Crippen LogP contribution >= 0.6 is 0 Å². The van der Waals surface area contributed by atoms with Crippen LogP contribution in [0.4, 0.5) is 0 Å². The van der Waals surface area contributed by atoms with Crippen molar-refractivity contribution in [3.63, 3.8) is 0 Å². The highest BCUT2D eigenvalue weighted by Gasteiger charge is 2.31. The maximum atomic E-state index is 12.2. The van der Waals surface area contributed by atoms with Crippen LogP contribution in [0.3, 0.4) is 0 Å². The lowest BCUT2D eigenvalue weighted by Gasteiger charge is -2.07. The molecule has 0 aliphatic carbocycles. The first-order valence-electron chi connectivity index (χ1n) is 5.56. The molecule has 4 heteroatoms. The molecule has 1 fully saturated rings. The van der Waals surface area contributed by atoms with Crippen LogP contribution in [0.1, 0.15) is 18.1 Å². The smallest absolute Gasteiger partial charge is 0.334 e. The summed E-state index contributed by atoms with van der Waals surface area (Å²) in [6, 6.07) is 6.97. The number of esters is 1. The highest BCUT2D eigenvalue weighted by Crippen LogP contribution is 2.31. The van der Waals surface area contributed by atoms with Crippen LogP contribution < -0.4 is 5.43 Å². The summed E-state index contributed by atoms with van der Waals surface area (Å²) >= 11 is 0. The number of rotatable bonds is 1. The Bertz CT molecular complexity index is 695. The number of ether oxygens (including phenoxy) is 1. The van der Waals surface area contributed by atoms with E-state index in [1.807, 2.05) is 0 Å². The van der Waals surface area contributed by atoms with Crippen molar-refractivity contribution in [3.05, 3.63) is 58.5 Å². The maximum Gasteiger partial charge on any atom is 0.334 e. The summed E-state index contributed by atoms with van der Waals surface area (Å²) < 4.78 is 10.5. The Labute approximate surface area is 102 Å². The molecule has 90 valence electrons. The van der Waals surface area contributed by atoms with Gasteiger partial charge >= 0.3 is 5.97 Å². The molecule has 3 rings (SSSR count).